The fourth-order valence-corrected chi connectivity index (χ4v) is 3.60. The maximum absolute atomic E-state index is 13.2. The summed E-state index contributed by atoms with van der Waals surface area (Å²) in [4.78, 5) is 37.5. The summed E-state index contributed by atoms with van der Waals surface area (Å²) >= 11 is 0. The molecular formula is C23H23F2N5O3. The van der Waals surface area contributed by atoms with Crippen LogP contribution in [0.5, 0.6) is 0 Å². The van der Waals surface area contributed by atoms with E-state index in [2.05, 4.69) is 25.6 Å². The van der Waals surface area contributed by atoms with Crippen LogP contribution >= 0.6 is 0 Å². The topological polar surface area (TPSA) is 117 Å². The average molecular weight is 455 g/mol. The van der Waals surface area contributed by atoms with E-state index in [1.807, 2.05) is 13.8 Å². The van der Waals surface area contributed by atoms with Crippen LogP contribution in [0.2, 0.25) is 0 Å². The monoisotopic (exact) mass is 455 g/mol. The zero-order chi connectivity index (χ0) is 23.9. The van der Waals surface area contributed by atoms with Crippen molar-refractivity contribution in [1.29, 1.82) is 0 Å². The number of nitrogens with one attached hydrogen (secondary N) is 2. The lowest BCUT2D eigenvalue weighted by Gasteiger charge is -2.14. The van der Waals surface area contributed by atoms with Gasteiger partial charge in [0.05, 0.1) is 17.3 Å². The highest BCUT2D eigenvalue weighted by Crippen LogP contribution is 2.49. The number of alkyl halides is 2. The molecule has 2 amide bonds. The van der Waals surface area contributed by atoms with Crippen molar-refractivity contribution in [3.63, 3.8) is 0 Å². The van der Waals surface area contributed by atoms with Crippen LogP contribution in [0, 0.1) is 12.8 Å². The number of nitrogens with zero attached hydrogens (tertiary/aromatic N) is 3. The van der Waals surface area contributed by atoms with E-state index in [-0.39, 0.29) is 11.5 Å². The van der Waals surface area contributed by atoms with Crippen molar-refractivity contribution in [2.24, 2.45) is 5.92 Å². The van der Waals surface area contributed by atoms with Crippen molar-refractivity contribution in [3.8, 4) is 11.1 Å². The third-order valence-corrected chi connectivity index (χ3v) is 5.69. The van der Waals surface area contributed by atoms with E-state index in [1.54, 1.807) is 18.3 Å². The van der Waals surface area contributed by atoms with Gasteiger partial charge in [0, 0.05) is 48.4 Å². The van der Waals surface area contributed by atoms with Gasteiger partial charge in [0.2, 0.25) is 5.91 Å². The zero-order valence-corrected chi connectivity index (χ0v) is 18.3. The summed E-state index contributed by atoms with van der Waals surface area (Å²) in [7, 11) is 1.48. The van der Waals surface area contributed by atoms with Gasteiger partial charge < -0.3 is 15.7 Å². The maximum atomic E-state index is 13.2. The van der Waals surface area contributed by atoms with Crippen LogP contribution in [-0.2, 0) is 4.79 Å². The minimum Gasteiger partial charge on any atom is -0.387 e. The molecule has 1 aliphatic rings. The van der Waals surface area contributed by atoms with Crippen LogP contribution < -0.4 is 10.6 Å². The number of fused-ring (bicyclic) bond motifs is 1. The number of amides is 2. The molecule has 0 unspecified atom stereocenters. The molecule has 33 heavy (non-hydrogen) atoms. The van der Waals surface area contributed by atoms with Crippen molar-refractivity contribution >= 4 is 28.5 Å². The molecule has 3 heterocycles. The molecule has 0 bridgehead atoms. The van der Waals surface area contributed by atoms with Gasteiger partial charge in [-0.3, -0.25) is 14.6 Å². The predicted octanol–water partition coefficient (Wildman–Crippen LogP) is 3.40. The Kier molecular flexibility index (Phi) is 5.79. The molecule has 8 nitrogen and oxygen atoms in total. The van der Waals surface area contributed by atoms with E-state index >= 15 is 0 Å². The third kappa shape index (κ3) is 4.38. The summed E-state index contributed by atoms with van der Waals surface area (Å²) in [6.07, 6.45) is 2.42. The fraction of sp³-hybridized carbons (Fsp3) is 0.348. The Morgan fingerprint density at radius 2 is 1.94 bits per heavy atom. The highest BCUT2D eigenvalue weighted by atomic mass is 19.3. The van der Waals surface area contributed by atoms with Crippen LogP contribution in [-0.4, -0.2) is 44.8 Å². The first-order valence-electron chi connectivity index (χ1n) is 10.5. The summed E-state index contributed by atoms with van der Waals surface area (Å²) < 4.78 is 26.3. The first-order valence-corrected chi connectivity index (χ1v) is 10.5. The van der Waals surface area contributed by atoms with Gasteiger partial charge in [0.15, 0.2) is 0 Å². The lowest BCUT2D eigenvalue weighted by atomic mass is 9.98. The Morgan fingerprint density at radius 1 is 1.21 bits per heavy atom. The van der Waals surface area contributed by atoms with Crippen LogP contribution in [0.25, 0.3) is 22.0 Å². The second-order valence-corrected chi connectivity index (χ2v) is 8.08. The average Bonchev–Trinajstić information content (AvgIpc) is 3.45. The van der Waals surface area contributed by atoms with Gasteiger partial charge in [-0.2, -0.15) is 0 Å². The number of aliphatic hydroxyl groups is 1. The minimum atomic E-state index is -2.98. The molecule has 0 aliphatic heterocycles. The molecule has 0 radical (unpaired) electrons. The molecule has 3 aromatic heterocycles. The Balaban J connectivity index is 1.74. The molecule has 0 aromatic carbocycles. The van der Waals surface area contributed by atoms with Gasteiger partial charge in [-0.25, -0.2) is 18.7 Å². The molecule has 0 spiro atoms. The summed E-state index contributed by atoms with van der Waals surface area (Å²) in [5, 5.41) is 15.6. The number of anilines is 1. The van der Waals surface area contributed by atoms with E-state index < -0.39 is 36.2 Å². The van der Waals surface area contributed by atoms with Crippen molar-refractivity contribution in [3.05, 3.63) is 47.5 Å². The number of pyridine rings is 3. The fourth-order valence-electron chi connectivity index (χ4n) is 3.60. The Bertz CT molecular complexity index is 1260. The number of hydrogen-bond donors (Lipinski definition) is 3. The van der Waals surface area contributed by atoms with Crippen molar-refractivity contribution in [1.82, 2.24) is 20.3 Å². The summed E-state index contributed by atoms with van der Waals surface area (Å²) in [6, 6.07) is 4.95. The SMILES string of the molecule is CC[C@@H](O)c1cc(C)c(-c2cc3cnc(NC(=O)[C@H]4CC4(F)F)cc3nc2C(=O)NC)cn1. The van der Waals surface area contributed by atoms with Crippen LogP contribution in [0.1, 0.15) is 47.6 Å². The lowest BCUT2D eigenvalue weighted by Crippen LogP contribution is -2.21. The number of aromatic nitrogens is 3. The van der Waals surface area contributed by atoms with E-state index in [0.29, 0.717) is 34.1 Å². The molecule has 4 rings (SSSR count). The molecule has 1 aliphatic carbocycles. The second-order valence-electron chi connectivity index (χ2n) is 8.08. The maximum Gasteiger partial charge on any atom is 0.270 e. The molecule has 0 saturated heterocycles. The van der Waals surface area contributed by atoms with Gasteiger partial charge in [-0.1, -0.05) is 6.92 Å². The predicted molar refractivity (Wildman–Crippen MR) is 118 cm³/mol. The van der Waals surface area contributed by atoms with Gasteiger partial charge >= 0.3 is 0 Å². The molecule has 3 aromatic rings. The molecule has 1 fully saturated rings. The number of carbonyl (C=O) groups is 2. The Labute approximate surface area is 188 Å². The van der Waals surface area contributed by atoms with Gasteiger partial charge in [0.1, 0.15) is 17.4 Å². The molecular weight excluding hydrogens is 432 g/mol. The van der Waals surface area contributed by atoms with Crippen molar-refractivity contribution < 1.29 is 23.5 Å². The molecule has 172 valence electrons. The third-order valence-electron chi connectivity index (χ3n) is 5.69. The van der Waals surface area contributed by atoms with E-state index in [9.17, 15) is 23.5 Å². The molecule has 2 atom stereocenters. The number of halogens is 2. The largest absolute Gasteiger partial charge is 0.387 e. The number of aryl methyl sites for hydroxylation is 1. The first kappa shape index (κ1) is 22.7. The lowest BCUT2D eigenvalue weighted by molar-refractivity contribution is -0.119. The number of aliphatic hydroxyl groups excluding tert-OH is 1. The molecule has 10 heteroatoms. The Morgan fingerprint density at radius 3 is 2.55 bits per heavy atom. The highest BCUT2D eigenvalue weighted by molar-refractivity contribution is 6.03. The van der Waals surface area contributed by atoms with Gasteiger partial charge in [0.25, 0.3) is 11.8 Å². The summed E-state index contributed by atoms with van der Waals surface area (Å²) in [5.41, 5.74) is 3.05. The van der Waals surface area contributed by atoms with Crippen LogP contribution in [0.15, 0.2) is 30.6 Å². The summed E-state index contributed by atoms with van der Waals surface area (Å²) in [5.74, 6) is -5.48. The van der Waals surface area contributed by atoms with Crippen molar-refractivity contribution in [2.45, 2.75) is 38.7 Å². The highest BCUT2D eigenvalue weighted by Gasteiger charge is 2.61. The Hall–Kier alpha value is -3.53. The zero-order valence-electron chi connectivity index (χ0n) is 18.3. The number of rotatable bonds is 6. The number of carbonyl (C=O) groups excluding carboxylic acids is 2. The minimum absolute atomic E-state index is 0.0778. The van der Waals surface area contributed by atoms with E-state index in [4.69, 9.17) is 0 Å². The van der Waals surface area contributed by atoms with Gasteiger partial charge in [-0.05, 0) is 31.0 Å². The van der Waals surface area contributed by atoms with E-state index in [0.717, 1.165) is 5.56 Å². The smallest absolute Gasteiger partial charge is 0.270 e. The second kappa shape index (κ2) is 8.43. The number of hydrogen-bond acceptors (Lipinski definition) is 6. The van der Waals surface area contributed by atoms with E-state index in [1.165, 1.54) is 19.3 Å². The van der Waals surface area contributed by atoms with Crippen LogP contribution in [0.4, 0.5) is 14.6 Å². The molecule has 3 N–H and O–H groups in total. The summed E-state index contributed by atoms with van der Waals surface area (Å²) in [6.45, 7) is 3.71. The molecule has 1 saturated carbocycles. The van der Waals surface area contributed by atoms with Crippen molar-refractivity contribution in [2.75, 3.05) is 12.4 Å². The quantitative estimate of drug-likeness (QED) is 0.525. The van der Waals surface area contributed by atoms with Crippen LogP contribution in [0.3, 0.4) is 0 Å². The van der Waals surface area contributed by atoms with Gasteiger partial charge in [-0.15, -0.1) is 0 Å². The standard InChI is InChI=1S/C23H23F2N5O3/c1-4-18(31)17-5-11(2)14(10-27-17)13-6-12-9-28-19(30-21(32)15-8-23(15,24)25)7-16(12)29-20(13)22(33)26-3/h5-7,9-10,15,18,31H,4,8H2,1-3H3,(H,26,33)(H,28,30,32)/t15-,18-/m1/s1. The first-order chi connectivity index (χ1) is 15.6. The normalized spacial score (nSPS) is 17.5.